The monoisotopic (exact) mass is 446 g/mol. The molecule has 4 aromatic rings. The van der Waals surface area contributed by atoms with Crippen LogP contribution in [0.5, 0.6) is 5.75 Å². The molecule has 0 saturated carbocycles. The number of carbonyl (C=O) groups is 1. The van der Waals surface area contributed by atoms with Crippen LogP contribution in [-0.4, -0.2) is 18.0 Å². The first kappa shape index (κ1) is 19.2. The van der Waals surface area contributed by atoms with Gasteiger partial charge in [0.15, 0.2) is 0 Å². The lowest BCUT2D eigenvalue weighted by molar-refractivity contribution is 0.102. The summed E-state index contributed by atoms with van der Waals surface area (Å²) in [7, 11) is 1.63. The minimum absolute atomic E-state index is 0.167. The maximum atomic E-state index is 13.1. The summed E-state index contributed by atoms with van der Waals surface area (Å²) in [6.45, 7) is 1.99. The number of nitrogens with one attached hydrogen (secondary N) is 1. The number of fused-ring (bicyclic) bond motifs is 1. The van der Waals surface area contributed by atoms with E-state index in [9.17, 15) is 4.79 Å². The molecule has 0 aliphatic rings. The second-order valence-electron chi connectivity index (χ2n) is 6.72. The second-order valence-corrected chi connectivity index (χ2v) is 7.57. The van der Waals surface area contributed by atoms with Crippen LogP contribution >= 0.6 is 15.9 Å². The number of nitrogens with zero attached hydrogens (tertiary/aromatic N) is 1. The Morgan fingerprint density at radius 3 is 2.48 bits per heavy atom. The third kappa shape index (κ3) is 4.00. The van der Waals surface area contributed by atoms with E-state index in [1.165, 1.54) is 0 Å². The average molecular weight is 447 g/mol. The molecule has 0 fully saturated rings. The van der Waals surface area contributed by atoms with Crippen LogP contribution in [0.1, 0.15) is 15.9 Å². The van der Waals surface area contributed by atoms with Crippen LogP contribution in [-0.2, 0) is 0 Å². The Morgan fingerprint density at radius 1 is 1.00 bits per heavy atom. The Balaban J connectivity index is 1.77. The van der Waals surface area contributed by atoms with Crippen molar-refractivity contribution in [3.63, 3.8) is 0 Å². The summed E-state index contributed by atoms with van der Waals surface area (Å²) < 4.78 is 6.24. The summed E-state index contributed by atoms with van der Waals surface area (Å²) in [4.78, 5) is 17.9. The van der Waals surface area contributed by atoms with Gasteiger partial charge >= 0.3 is 0 Å². The third-order valence-electron chi connectivity index (χ3n) is 4.76. The van der Waals surface area contributed by atoms with Gasteiger partial charge in [-0.05, 0) is 67.1 Å². The Morgan fingerprint density at radius 2 is 1.76 bits per heavy atom. The van der Waals surface area contributed by atoms with Gasteiger partial charge < -0.3 is 10.1 Å². The van der Waals surface area contributed by atoms with Crippen molar-refractivity contribution < 1.29 is 9.53 Å². The van der Waals surface area contributed by atoms with Crippen molar-refractivity contribution in [1.29, 1.82) is 0 Å². The van der Waals surface area contributed by atoms with Crippen molar-refractivity contribution in [3.05, 3.63) is 88.4 Å². The van der Waals surface area contributed by atoms with Crippen LogP contribution in [0, 0.1) is 6.92 Å². The average Bonchev–Trinajstić information content (AvgIpc) is 2.75. The number of hydrogen-bond acceptors (Lipinski definition) is 3. The summed E-state index contributed by atoms with van der Waals surface area (Å²) in [5.41, 5.74) is 4.83. The largest absolute Gasteiger partial charge is 0.497 e. The molecule has 0 bridgehead atoms. The number of carbonyl (C=O) groups excluding carboxylic acids is 1. The molecule has 1 amide bonds. The minimum Gasteiger partial charge on any atom is -0.497 e. The molecular weight excluding hydrogens is 428 g/mol. The fourth-order valence-electron chi connectivity index (χ4n) is 3.19. The molecule has 1 aromatic heterocycles. The van der Waals surface area contributed by atoms with Crippen LogP contribution in [0.2, 0.25) is 0 Å². The number of benzene rings is 3. The SMILES string of the molecule is COc1ccc(-c2cc(C(=O)Nc3ccc(Br)c(C)c3)c3ccccc3n2)cc1. The maximum absolute atomic E-state index is 13.1. The second kappa shape index (κ2) is 8.05. The molecular formula is C24H19BrN2O2. The standard InChI is InChI=1S/C24H19BrN2O2/c1-15-13-17(9-12-21(15)25)26-24(28)20-14-23(16-7-10-18(29-2)11-8-16)27-22-6-4-3-5-19(20)22/h3-14H,1-2H3,(H,26,28). The predicted molar refractivity (Wildman–Crippen MR) is 121 cm³/mol. The Bertz CT molecular complexity index is 1200. The van der Waals surface area contributed by atoms with Crippen LogP contribution in [0.4, 0.5) is 5.69 Å². The lowest BCUT2D eigenvalue weighted by Crippen LogP contribution is -2.13. The number of para-hydroxylation sites is 1. The molecule has 144 valence electrons. The van der Waals surface area contributed by atoms with Crippen molar-refractivity contribution >= 4 is 38.4 Å². The molecule has 4 rings (SSSR count). The first-order valence-electron chi connectivity index (χ1n) is 9.17. The van der Waals surface area contributed by atoms with E-state index in [4.69, 9.17) is 9.72 Å². The molecule has 0 atom stereocenters. The van der Waals surface area contributed by atoms with Gasteiger partial charge in [-0.3, -0.25) is 4.79 Å². The topological polar surface area (TPSA) is 51.2 Å². The molecule has 3 aromatic carbocycles. The molecule has 0 radical (unpaired) electrons. The normalized spacial score (nSPS) is 10.7. The van der Waals surface area contributed by atoms with E-state index in [1.54, 1.807) is 7.11 Å². The highest BCUT2D eigenvalue weighted by Crippen LogP contribution is 2.27. The van der Waals surface area contributed by atoms with E-state index in [-0.39, 0.29) is 5.91 Å². The van der Waals surface area contributed by atoms with Gasteiger partial charge in [0, 0.05) is 21.1 Å². The third-order valence-corrected chi connectivity index (χ3v) is 5.65. The van der Waals surface area contributed by atoms with Crippen LogP contribution in [0.15, 0.2) is 77.3 Å². The number of halogens is 1. The molecule has 0 spiro atoms. The Labute approximate surface area is 177 Å². The number of ether oxygens (including phenoxy) is 1. The molecule has 0 aliphatic carbocycles. The van der Waals surface area contributed by atoms with Gasteiger partial charge in [-0.1, -0.05) is 34.1 Å². The van der Waals surface area contributed by atoms with E-state index in [0.29, 0.717) is 5.56 Å². The summed E-state index contributed by atoms with van der Waals surface area (Å²) in [6, 6.07) is 22.9. The summed E-state index contributed by atoms with van der Waals surface area (Å²) in [6.07, 6.45) is 0. The molecule has 5 heteroatoms. The number of methoxy groups -OCH3 is 1. The van der Waals surface area contributed by atoms with Gasteiger partial charge in [0.05, 0.1) is 23.9 Å². The van der Waals surface area contributed by atoms with Crippen LogP contribution in [0.3, 0.4) is 0 Å². The van der Waals surface area contributed by atoms with Gasteiger partial charge in [0.1, 0.15) is 5.75 Å². The molecule has 0 aliphatic heterocycles. The number of anilines is 1. The number of aryl methyl sites for hydroxylation is 1. The lowest BCUT2D eigenvalue weighted by atomic mass is 10.0. The smallest absolute Gasteiger partial charge is 0.256 e. The fourth-order valence-corrected chi connectivity index (χ4v) is 3.44. The Kier molecular flexibility index (Phi) is 5.32. The van der Waals surface area contributed by atoms with Gasteiger partial charge in [-0.15, -0.1) is 0 Å². The fraction of sp³-hybridized carbons (Fsp3) is 0.0833. The van der Waals surface area contributed by atoms with Crippen LogP contribution in [0.25, 0.3) is 22.2 Å². The van der Waals surface area contributed by atoms with Gasteiger partial charge in [-0.25, -0.2) is 4.98 Å². The van der Waals surface area contributed by atoms with Crippen molar-refractivity contribution in [2.75, 3.05) is 12.4 Å². The van der Waals surface area contributed by atoms with Gasteiger partial charge in [0.2, 0.25) is 0 Å². The minimum atomic E-state index is -0.167. The maximum Gasteiger partial charge on any atom is 0.256 e. The number of hydrogen-bond donors (Lipinski definition) is 1. The van der Waals surface area contributed by atoms with Gasteiger partial charge in [-0.2, -0.15) is 0 Å². The van der Waals surface area contributed by atoms with E-state index in [0.717, 1.165) is 43.6 Å². The first-order valence-corrected chi connectivity index (χ1v) is 9.96. The molecule has 0 saturated heterocycles. The summed E-state index contributed by atoms with van der Waals surface area (Å²) in [5, 5.41) is 3.82. The zero-order valence-electron chi connectivity index (χ0n) is 16.1. The van der Waals surface area contributed by atoms with Crippen molar-refractivity contribution in [2.45, 2.75) is 6.92 Å². The van der Waals surface area contributed by atoms with E-state index in [1.807, 2.05) is 79.7 Å². The van der Waals surface area contributed by atoms with Crippen LogP contribution < -0.4 is 10.1 Å². The number of pyridine rings is 1. The van der Waals surface area contributed by atoms with Crippen molar-refractivity contribution in [2.24, 2.45) is 0 Å². The quantitative estimate of drug-likeness (QED) is 0.403. The molecule has 29 heavy (non-hydrogen) atoms. The van der Waals surface area contributed by atoms with Crippen molar-refractivity contribution in [3.8, 4) is 17.0 Å². The van der Waals surface area contributed by atoms with E-state index < -0.39 is 0 Å². The summed E-state index contributed by atoms with van der Waals surface area (Å²) >= 11 is 3.49. The molecule has 1 N–H and O–H groups in total. The predicted octanol–water partition coefficient (Wildman–Crippen LogP) is 6.23. The lowest BCUT2D eigenvalue weighted by Gasteiger charge is -2.12. The Hall–Kier alpha value is -3.18. The number of rotatable bonds is 4. The molecule has 4 nitrogen and oxygen atoms in total. The van der Waals surface area contributed by atoms with Gasteiger partial charge in [0.25, 0.3) is 5.91 Å². The van der Waals surface area contributed by atoms with Crippen molar-refractivity contribution in [1.82, 2.24) is 4.98 Å². The first-order chi connectivity index (χ1) is 14.0. The summed E-state index contributed by atoms with van der Waals surface area (Å²) in [5.74, 6) is 0.609. The molecule has 1 heterocycles. The van der Waals surface area contributed by atoms with E-state index >= 15 is 0 Å². The molecule has 0 unspecified atom stereocenters. The highest BCUT2D eigenvalue weighted by molar-refractivity contribution is 9.10. The zero-order valence-corrected chi connectivity index (χ0v) is 17.7. The highest BCUT2D eigenvalue weighted by atomic mass is 79.9. The number of amides is 1. The highest BCUT2D eigenvalue weighted by Gasteiger charge is 2.14. The number of aromatic nitrogens is 1. The van der Waals surface area contributed by atoms with E-state index in [2.05, 4.69) is 21.2 Å². The zero-order chi connectivity index (χ0) is 20.4.